The van der Waals surface area contributed by atoms with Gasteiger partial charge in [-0.1, -0.05) is 36.4 Å². The second-order valence-electron chi connectivity index (χ2n) is 6.23. The van der Waals surface area contributed by atoms with E-state index >= 15 is 0 Å². The van der Waals surface area contributed by atoms with Gasteiger partial charge in [0.05, 0.1) is 4.90 Å². The Balaban J connectivity index is 1.38. The number of para-hydroxylation sites is 1. The predicted octanol–water partition coefficient (Wildman–Crippen LogP) is 2.18. The van der Waals surface area contributed by atoms with Gasteiger partial charge in [0.25, 0.3) is 0 Å². The molecule has 1 aliphatic heterocycles. The quantitative estimate of drug-likeness (QED) is 0.770. The van der Waals surface area contributed by atoms with Gasteiger partial charge in [-0.25, -0.2) is 13.1 Å². The average molecular weight is 359 g/mol. The molecule has 1 N–H and O–H groups in total. The molecule has 0 atom stereocenters. The summed E-state index contributed by atoms with van der Waals surface area (Å²) in [6.07, 6.45) is 0.817. The molecule has 5 nitrogen and oxygen atoms in total. The maximum absolute atomic E-state index is 12.2. The summed E-state index contributed by atoms with van der Waals surface area (Å²) in [6.45, 7) is 5.44. The van der Waals surface area contributed by atoms with E-state index in [1.54, 1.807) is 24.3 Å². The van der Waals surface area contributed by atoms with Crippen LogP contribution in [0.2, 0.25) is 0 Å². The normalized spacial score (nSPS) is 16.1. The summed E-state index contributed by atoms with van der Waals surface area (Å²) in [7, 11) is -3.38. The van der Waals surface area contributed by atoms with E-state index in [1.807, 2.05) is 12.1 Å². The van der Waals surface area contributed by atoms with E-state index in [-0.39, 0.29) is 0 Å². The van der Waals surface area contributed by atoms with Crippen molar-refractivity contribution in [2.45, 2.75) is 11.3 Å². The minimum atomic E-state index is -3.38. The lowest BCUT2D eigenvalue weighted by Crippen LogP contribution is -2.47. The van der Waals surface area contributed by atoms with Gasteiger partial charge in [-0.2, -0.15) is 0 Å². The first-order valence-corrected chi connectivity index (χ1v) is 10.2. The highest BCUT2D eigenvalue weighted by Crippen LogP contribution is 2.15. The van der Waals surface area contributed by atoms with Gasteiger partial charge < -0.3 is 4.90 Å². The molecule has 1 aliphatic rings. The molecule has 0 bridgehead atoms. The smallest absolute Gasteiger partial charge is 0.240 e. The molecule has 25 heavy (non-hydrogen) atoms. The minimum absolute atomic E-state index is 0.325. The van der Waals surface area contributed by atoms with Gasteiger partial charge >= 0.3 is 0 Å². The van der Waals surface area contributed by atoms with Crippen LogP contribution in [0.25, 0.3) is 0 Å². The molecule has 1 heterocycles. The highest BCUT2D eigenvalue weighted by Gasteiger charge is 2.17. The van der Waals surface area contributed by atoms with Crippen LogP contribution in [-0.2, 0) is 10.0 Å². The van der Waals surface area contributed by atoms with Gasteiger partial charge in [0.1, 0.15) is 0 Å². The second kappa shape index (κ2) is 8.47. The van der Waals surface area contributed by atoms with Gasteiger partial charge in [0, 0.05) is 38.4 Å². The molecule has 1 saturated heterocycles. The molecule has 3 rings (SSSR count). The molecule has 0 spiro atoms. The van der Waals surface area contributed by atoms with Crippen molar-refractivity contribution in [3.05, 3.63) is 60.7 Å². The van der Waals surface area contributed by atoms with Gasteiger partial charge in [0.15, 0.2) is 0 Å². The van der Waals surface area contributed by atoms with Crippen molar-refractivity contribution < 1.29 is 8.42 Å². The molecule has 134 valence electrons. The third-order valence-corrected chi connectivity index (χ3v) is 5.97. The molecule has 2 aromatic rings. The van der Waals surface area contributed by atoms with Crippen LogP contribution in [0.15, 0.2) is 65.6 Å². The van der Waals surface area contributed by atoms with E-state index in [0.29, 0.717) is 11.4 Å². The Morgan fingerprint density at radius 1 is 0.840 bits per heavy atom. The Kier molecular flexibility index (Phi) is 6.07. The Morgan fingerprint density at radius 3 is 2.08 bits per heavy atom. The summed E-state index contributed by atoms with van der Waals surface area (Å²) in [5.74, 6) is 0. The third kappa shape index (κ3) is 5.04. The highest BCUT2D eigenvalue weighted by atomic mass is 32.2. The molecular formula is C19H25N3O2S. The predicted molar refractivity (Wildman–Crippen MR) is 101 cm³/mol. The maximum atomic E-state index is 12.2. The fraction of sp³-hybridized carbons (Fsp3) is 0.368. The van der Waals surface area contributed by atoms with Crippen molar-refractivity contribution in [1.82, 2.24) is 9.62 Å². The molecule has 0 radical (unpaired) electrons. The number of benzene rings is 2. The summed E-state index contributed by atoms with van der Waals surface area (Å²) >= 11 is 0. The Labute approximate surface area is 150 Å². The zero-order valence-electron chi connectivity index (χ0n) is 14.3. The number of piperazine rings is 1. The molecule has 0 aromatic heterocycles. The number of hydrogen-bond donors (Lipinski definition) is 1. The number of hydrogen-bond acceptors (Lipinski definition) is 4. The number of nitrogens with zero attached hydrogens (tertiary/aromatic N) is 2. The van der Waals surface area contributed by atoms with Gasteiger partial charge in [0.2, 0.25) is 10.0 Å². The molecule has 6 heteroatoms. The highest BCUT2D eigenvalue weighted by molar-refractivity contribution is 7.89. The van der Waals surface area contributed by atoms with E-state index in [4.69, 9.17) is 0 Å². The molecule has 0 unspecified atom stereocenters. The summed E-state index contributed by atoms with van der Waals surface area (Å²) in [6, 6.07) is 19.0. The van der Waals surface area contributed by atoms with Crippen LogP contribution >= 0.6 is 0 Å². The van der Waals surface area contributed by atoms with E-state index in [9.17, 15) is 8.42 Å². The van der Waals surface area contributed by atoms with Crippen LogP contribution in [-0.4, -0.2) is 52.6 Å². The average Bonchev–Trinajstić information content (AvgIpc) is 2.67. The first kappa shape index (κ1) is 17.9. The third-order valence-electron chi connectivity index (χ3n) is 4.49. The number of anilines is 1. The maximum Gasteiger partial charge on any atom is 0.240 e. The summed E-state index contributed by atoms with van der Waals surface area (Å²) in [5, 5.41) is 0. The fourth-order valence-corrected chi connectivity index (χ4v) is 4.16. The van der Waals surface area contributed by atoms with Crippen molar-refractivity contribution >= 4 is 15.7 Å². The summed E-state index contributed by atoms with van der Waals surface area (Å²) < 4.78 is 27.0. The van der Waals surface area contributed by atoms with Crippen molar-refractivity contribution in [1.29, 1.82) is 0 Å². The zero-order chi connectivity index (χ0) is 17.5. The molecule has 2 aromatic carbocycles. The molecule has 0 saturated carbocycles. The van der Waals surface area contributed by atoms with E-state index < -0.39 is 10.0 Å². The van der Waals surface area contributed by atoms with Gasteiger partial charge in [-0.3, -0.25) is 4.90 Å². The lowest BCUT2D eigenvalue weighted by molar-refractivity contribution is 0.255. The summed E-state index contributed by atoms with van der Waals surface area (Å²) in [5.41, 5.74) is 1.28. The Morgan fingerprint density at radius 2 is 1.44 bits per heavy atom. The lowest BCUT2D eigenvalue weighted by atomic mass is 10.2. The van der Waals surface area contributed by atoms with Crippen LogP contribution in [0, 0.1) is 0 Å². The van der Waals surface area contributed by atoms with Gasteiger partial charge in [-0.15, -0.1) is 0 Å². The molecule has 1 fully saturated rings. The Bertz CT molecular complexity index is 743. The fourth-order valence-electron chi connectivity index (χ4n) is 3.06. The molecule has 0 aliphatic carbocycles. The zero-order valence-corrected chi connectivity index (χ0v) is 15.2. The lowest BCUT2D eigenvalue weighted by Gasteiger charge is -2.36. The molecule has 0 amide bonds. The van der Waals surface area contributed by atoms with Crippen molar-refractivity contribution in [3.63, 3.8) is 0 Å². The van der Waals surface area contributed by atoms with Crippen LogP contribution in [0.5, 0.6) is 0 Å². The number of sulfonamides is 1. The van der Waals surface area contributed by atoms with E-state index in [1.165, 1.54) is 5.69 Å². The largest absolute Gasteiger partial charge is 0.369 e. The van der Waals surface area contributed by atoms with E-state index in [0.717, 1.165) is 39.1 Å². The topological polar surface area (TPSA) is 52.7 Å². The van der Waals surface area contributed by atoms with Crippen LogP contribution in [0.4, 0.5) is 5.69 Å². The summed E-state index contributed by atoms with van der Waals surface area (Å²) in [4.78, 5) is 5.12. The molecular weight excluding hydrogens is 334 g/mol. The monoisotopic (exact) mass is 359 g/mol. The minimum Gasteiger partial charge on any atom is -0.369 e. The Hall–Kier alpha value is -1.89. The SMILES string of the molecule is O=S(=O)(NCCCN1CCN(c2ccccc2)CC1)c1ccccc1. The van der Waals surface area contributed by atoms with E-state index in [2.05, 4.69) is 38.8 Å². The number of rotatable bonds is 7. The standard InChI is InChI=1S/C19H25N3O2S/c23-25(24,19-10-5-2-6-11-19)20-12-7-13-21-14-16-22(17-15-21)18-8-3-1-4-9-18/h1-6,8-11,20H,7,12-17H2. The van der Waals surface area contributed by atoms with Crippen molar-refractivity contribution in [3.8, 4) is 0 Å². The van der Waals surface area contributed by atoms with Crippen LogP contribution in [0.1, 0.15) is 6.42 Å². The van der Waals surface area contributed by atoms with Gasteiger partial charge in [-0.05, 0) is 37.2 Å². The second-order valence-corrected chi connectivity index (χ2v) is 8.00. The first-order chi connectivity index (χ1) is 12.1. The van der Waals surface area contributed by atoms with Crippen LogP contribution < -0.4 is 9.62 Å². The van der Waals surface area contributed by atoms with Crippen molar-refractivity contribution in [2.75, 3.05) is 44.2 Å². The van der Waals surface area contributed by atoms with Crippen molar-refractivity contribution in [2.24, 2.45) is 0 Å². The first-order valence-electron chi connectivity index (χ1n) is 8.72. The van der Waals surface area contributed by atoms with Crippen LogP contribution in [0.3, 0.4) is 0 Å². The number of nitrogens with one attached hydrogen (secondary N) is 1.